The van der Waals surface area contributed by atoms with Gasteiger partial charge >= 0.3 is 0 Å². The molecule has 2 aromatic carbocycles. The van der Waals surface area contributed by atoms with E-state index in [0.29, 0.717) is 16.7 Å². The fourth-order valence-corrected chi connectivity index (χ4v) is 3.44. The smallest absolute Gasteiger partial charge is 0.280 e. The molecule has 0 atom stereocenters. The summed E-state index contributed by atoms with van der Waals surface area (Å²) in [7, 11) is 0. The zero-order valence-electron chi connectivity index (χ0n) is 16.1. The van der Waals surface area contributed by atoms with Crippen LogP contribution in [-0.4, -0.2) is 20.3 Å². The molecule has 0 bridgehead atoms. The van der Waals surface area contributed by atoms with Crippen LogP contribution in [0.3, 0.4) is 0 Å². The average Bonchev–Trinajstić information content (AvgIpc) is 3.02. The third-order valence-electron chi connectivity index (χ3n) is 4.78. The minimum absolute atomic E-state index is 0.00927. The van der Waals surface area contributed by atoms with E-state index in [1.165, 1.54) is 21.5 Å². The second kappa shape index (κ2) is 8.12. The molecule has 4 aromatic rings. The van der Waals surface area contributed by atoms with Crippen molar-refractivity contribution in [3.63, 3.8) is 0 Å². The monoisotopic (exact) mass is 424 g/mol. The van der Waals surface area contributed by atoms with Crippen molar-refractivity contribution in [2.45, 2.75) is 19.9 Å². The highest BCUT2D eigenvalue weighted by Crippen LogP contribution is 2.19. The number of amides is 1. The molecular weight excluding hydrogens is 407 g/mol. The van der Waals surface area contributed by atoms with Gasteiger partial charge in [0, 0.05) is 11.2 Å². The van der Waals surface area contributed by atoms with Crippen LogP contribution in [-0.2, 0) is 17.8 Å². The lowest BCUT2D eigenvalue weighted by Crippen LogP contribution is -2.27. The van der Waals surface area contributed by atoms with Gasteiger partial charge in [-0.05, 0) is 54.4 Å². The Kier molecular flexibility index (Phi) is 5.37. The predicted molar refractivity (Wildman–Crippen MR) is 115 cm³/mol. The fraction of sp³-hybridized carbons (Fsp3) is 0.136. The number of nitrogens with one attached hydrogen (secondary N) is 1. The minimum atomic E-state index is -0.640. The molecule has 2 aromatic heterocycles. The average molecular weight is 425 g/mol. The molecule has 1 N–H and O–H groups in total. The van der Waals surface area contributed by atoms with Crippen molar-refractivity contribution in [2.75, 3.05) is 5.32 Å². The summed E-state index contributed by atoms with van der Waals surface area (Å²) in [5.41, 5.74) is 1.83. The van der Waals surface area contributed by atoms with Crippen LogP contribution in [0, 0.1) is 5.82 Å². The molecule has 0 aliphatic carbocycles. The van der Waals surface area contributed by atoms with E-state index in [2.05, 4.69) is 10.3 Å². The van der Waals surface area contributed by atoms with Gasteiger partial charge in [-0.2, -0.15) is 0 Å². The van der Waals surface area contributed by atoms with Crippen molar-refractivity contribution in [1.82, 2.24) is 14.3 Å². The number of nitrogens with zero attached hydrogens (tertiary/aromatic N) is 3. The number of pyridine rings is 1. The number of aromatic nitrogens is 3. The van der Waals surface area contributed by atoms with E-state index >= 15 is 0 Å². The molecule has 152 valence electrons. The Balaban J connectivity index is 1.75. The number of carbonyl (C=O) groups excluding carboxylic acids is 1. The van der Waals surface area contributed by atoms with Crippen molar-refractivity contribution in [2.24, 2.45) is 0 Å². The zero-order valence-corrected chi connectivity index (χ0v) is 16.9. The molecule has 0 aliphatic heterocycles. The summed E-state index contributed by atoms with van der Waals surface area (Å²) in [6, 6.07) is 14.8. The van der Waals surface area contributed by atoms with E-state index in [1.54, 1.807) is 18.3 Å². The first-order chi connectivity index (χ1) is 14.5. The number of hydrogen-bond acceptors (Lipinski definition) is 3. The van der Waals surface area contributed by atoms with Gasteiger partial charge in [0.25, 0.3) is 5.56 Å². The number of hydrogen-bond donors (Lipinski definition) is 1. The van der Waals surface area contributed by atoms with E-state index in [1.807, 2.05) is 31.2 Å². The highest BCUT2D eigenvalue weighted by atomic mass is 35.5. The van der Waals surface area contributed by atoms with E-state index in [0.717, 1.165) is 18.1 Å². The Hall–Kier alpha value is -3.45. The topological polar surface area (TPSA) is 68.9 Å². The predicted octanol–water partition coefficient (Wildman–Crippen LogP) is 4.18. The van der Waals surface area contributed by atoms with Gasteiger partial charge in [-0.15, -0.1) is 0 Å². The number of carbonyl (C=O) groups is 1. The lowest BCUT2D eigenvalue weighted by Gasteiger charge is -2.13. The first-order valence-corrected chi connectivity index (χ1v) is 9.76. The van der Waals surface area contributed by atoms with Crippen molar-refractivity contribution >= 4 is 34.2 Å². The Morgan fingerprint density at radius 2 is 1.93 bits per heavy atom. The molecule has 8 heteroatoms. The van der Waals surface area contributed by atoms with E-state index in [-0.39, 0.29) is 22.8 Å². The molecule has 0 spiro atoms. The fourth-order valence-electron chi connectivity index (χ4n) is 3.28. The van der Waals surface area contributed by atoms with Crippen molar-refractivity contribution in [3.05, 3.63) is 87.6 Å². The summed E-state index contributed by atoms with van der Waals surface area (Å²) in [4.78, 5) is 30.0. The van der Waals surface area contributed by atoms with Gasteiger partial charge in [0.1, 0.15) is 12.4 Å². The van der Waals surface area contributed by atoms with E-state index in [9.17, 15) is 14.0 Å². The van der Waals surface area contributed by atoms with Crippen LogP contribution < -0.4 is 10.9 Å². The third kappa shape index (κ3) is 3.71. The molecule has 0 fully saturated rings. The van der Waals surface area contributed by atoms with Gasteiger partial charge in [0.15, 0.2) is 5.65 Å². The van der Waals surface area contributed by atoms with Gasteiger partial charge in [-0.3, -0.25) is 14.3 Å². The lowest BCUT2D eigenvalue weighted by molar-refractivity contribution is -0.117. The Bertz CT molecular complexity index is 1290. The first kappa shape index (κ1) is 19.8. The molecule has 4 rings (SSSR count). The third-order valence-corrected chi connectivity index (χ3v) is 5.02. The van der Waals surface area contributed by atoms with Gasteiger partial charge in [0.2, 0.25) is 5.91 Å². The number of anilines is 1. The number of benzene rings is 2. The van der Waals surface area contributed by atoms with Crippen LogP contribution in [0.2, 0.25) is 5.02 Å². The lowest BCUT2D eigenvalue weighted by atomic mass is 10.1. The maximum absolute atomic E-state index is 14.0. The van der Waals surface area contributed by atoms with Crippen LogP contribution in [0.15, 0.2) is 65.6 Å². The second-order valence-corrected chi connectivity index (χ2v) is 7.18. The Morgan fingerprint density at radius 3 is 2.63 bits per heavy atom. The maximum atomic E-state index is 14.0. The molecule has 1 amide bonds. The van der Waals surface area contributed by atoms with Crippen LogP contribution in [0.1, 0.15) is 12.5 Å². The van der Waals surface area contributed by atoms with E-state index < -0.39 is 11.7 Å². The van der Waals surface area contributed by atoms with Crippen molar-refractivity contribution in [3.8, 4) is 5.69 Å². The summed E-state index contributed by atoms with van der Waals surface area (Å²) < 4.78 is 16.9. The summed E-state index contributed by atoms with van der Waals surface area (Å²) in [6.45, 7) is 1.82. The number of aryl methyl sites for hydroxylation is 1. The molecule has 6 nitrogen and oxygen atoms in total. The summed E-state index contributed by atoms with van der Waals surface area (Å²) in [5.74, 6) is -1.14. The highest BCUT2D eigenvalue weighted by molar-refractivity contribution is 6.30. The second-order valence-electron chi connectivity index (χ2n) is 6.74. The van der Waals surface area contributed by atoms with Crippen LogP contribution in [0.25, 0.3) is 16.7 Å². The number of rotatable bonds is 5. The first-order valence-electron chi connectivity index (χ1n) is 9.38. The maximum Gasteiger partial charge on any atom is 0.280 e. The molecule has 0 radical (unpaired) electrons. The van der Waals surface area contributed by atoms with Gasteiger partial charge < -0.3 is 5.32 Å². The van der Waals surface area contributed by atoms with Gasteiger partial charge in [0.05, 0.1) is 16.8 Å². The van der Waals surface area contributed by atoms with Gasteiger partial charge in [-0.1, -0.05) is 30.7 Å². The summed E-state index contributed by atoms with van der Waals surface area (Å²) in [5, 5.41) is 3.14. The zero-order chi connectivity index (χ0) is 21.3. The molecule has 2 heterocycles. The minimum Gasteiger partial charge on any atom is -0.322 e. The van der Waals surface area contributed by atoms with E-state index in [4.69, 9.17) is 11.6 Å². The summed E-state index contributed by atoms with van der Waals surface area (Å²) in [6.07, 6.45) is 2.42. The van der Waals surface area contributed by atoms with Crippen LogP contribution in [0.4, 0.5) is 10.1 Å². The molecule has 0 aliphatic rings. The SMILES string of the molecule is CCc1ccc(-n2c(=O)c3cccnc3n2CC(=O)Nc2ccc(Cl)cc2F)cc1. The van der Waals surface area contributed by atoms with Crippen LogP contribution >= 0.6 is 11.6 Å². The molecule has 0 saturated carbocycles. The molecule has 0 saturated heterocycles. The standard InChI is InChI=1S/C22H18ClFN4O2/c1-2-14-5-8-16(9-6-14)28-22(30)17-4-3-11-25-21(17)27(28)13-20(29)26-19-10-7-15(23)12-18(19)24/h3-12H,2,13H2,1H3,(H,26,29). The number of fused-ring (bicyclic) bond motifs is 1. The van der Waals surface area contributed by atoms with Crippen molar-refractivity contribution in [1.29, 1.82) is 0 Å². The van der Waals surface area contributed by atoms with Crippen molar-refractivity contribution < 1.29 is 9.18 Å². The number of halogens is 2. The largest absolute Gasteiger partial charge is 0.322 e. The molecule has 0 unspecified atom stereocenters. The summed E-state index contributed by atoms with van der Waals surface area (Å²) >= 11 is 5.76. The molecule has 30 heavy (non-hydrogen) atoms. The van der Waals surface area contributed by atoms with Gasteiger partial charge in [-0.25, -0.2) is 14.1 Å². The van der Waals surface area contributed by atoms with Crippen LogP contribution in [0.5, 0.6) is 0 Å². The normalized spacial score (nSPS) is 11.0. The Morgan fingerprint density at radius 1 is 1.17 bits per heavy atom. The highest BCUT2D eigenvalue weighted by Gasteiger charge is 2.18. The molecular formula is C22H18ClFN4O2. The Labute approximate surface area is 176 Å². The quantitative estimate of drug-likeness (QED) is 0.522.